The van der Waals surface area contributed by atoms with E-state index in [-0.39, 0.29) is 5.91 Å². The van der Waals surface area contributed by atoms with Crippen LogP contribution in [0.25, 0.3) is 5.57 Å². The number of carbonyl (C=O) groups excluding carboxylic acids is 1. The summed E-state index contributed by atoms with van der Waals surface area (Å²) in [6.45, 7) is 9.30. The number of benzene rings is 1. The van der Waals surface area contributed by atoms with Crippen molar-refractivity contribution in [3.63, 3.8) is 0 Å². The van der Waals surface area contributed by atoms with Crippen LogP contribution in [-0.2, 0) is 16.1 Å². The first-order valence-corrected chi connectivity index (χ1v) is 12.6. The Morgan fingerprint density at radius 1 is 1.20 bits per heavy atom. The average Bonchev–Trinajstić information content (AvgIpc) is 3.07. The normalized spacial score (nSPS) is 20.9. The van der Waals surface area contributed by atoms with Crippen molar-refractivity contribution in [2.24, 2.45) is 0 Å². The topological polar surface area (TPSA) is 66.9 Å². The molecule has 4 aliphatic heterocycles. The molecule has 182 valence electrons. The molecule has 0 aliphatic carbocycles. The highest BCUT2D eigenvalue weighted by Crippen LogP contribution is 2.40. The van der Waals surface area contributed by atoms with E-state index in [0.717, 1.165) is 74.9 Å². The van der Waals surface area contributed by atoms with Gasteiger partial charge < -0.3 is 19.7 Å². The minimum absolute atomic E-state index is 0.0449. The molecule has 0 spiro atoms. The molecule has 0 atom stereocenters. The van der Waals surface area contributed by atoms with Crippen LogP contribution < -0.4 is 10.1 Å². The first kappa shape index (κ1) is 22.3. The molecular weight excluding hydrogens is 440 g/mol. The van der Waals surface area contributed by atoms with Gasteiger partial charge in [0, 0.05) is 30.9 Å². The lowest BCUT2D eigenvalue weighted by Crippen LogP contribution is -2.61. The number of amides is 1. The molecule has 0 unspecified atom stereocenters. The highest BCUT2D eigenvalue weighted by atomic mass is 16.5. The van der Waals surface area contributed by atoms with Crippen molar-refractivity contribution >= 4 is 23.0 Å². The van der Waals surface area contributed by atoms with E-state index >= 15 is 0 Å². The van der Waals surface area contributed by atoms with Gasteiger partial charge in [-0.2, -0.15) is 0 Å². The van der Waals surface area contributed by atoms with Gasteiger partial charge in [0.1, 0.15) is 18.2 Å². The third-order valence-electron chi connectivity index (χ3n) is 7.86. The zero-order valence-corrected chi connectivity index (χ0v) is 20.0. The monoisotopic (exact) mass is 472 g/mol. The Morgan fingerprint density at radius 3 is 2.83 bits per heavy atom. The van der Waals surface area contributed by atoms with Gasteiger partial charge in [0.15, 0.2) is 0 Å². The van der Waals surface area contributed by atoms with Crippen molar-refractivity contribution in [3.05, 3.63) is 65.9 Å². The third kappa shape index (κ3) is 4.34. The predicted molar refractivity (Wildman–Crippen MR) is 136 cm³/mol. The Labute approximate surface area is 206 Å². The van der Waals surface area contributed by atoms with Gasteiger partial charge in [-0.25, -0.2) is 4.98 Å². The lowest BCUT2D eigenvalue weighted by atomic mass is 9.88. The summed E-state index contributed by atoms with van der Waals surface area (Å²) < 4.78 is 11.7. The number of fused-ring (bicyclic) bond motifs is 2. The Balaban J connectivity index is 1.14. The molecule has 2 fully saturated rings. The molecule has 35 heavy (non-hydrogen) atoms. The van der Waals surface area contributed by atoms with E-state index in [1.165, 1.54) is 22.8 Å². The van der Waals surface area contributed by atoms with Crippen LogP contribution in [0.4, 0.5) is 11.5 Å². The number of hydrogen-bond donors (Lipinski definition) is 1. The Morgan fingerprint density at radius 2 is 2.06 bits per heavy atom. The zero-order chi connectivity index (χ0) is 23.8. The van der Waals surface area contributed by atoms with Gasteiger partial charge in [-0.05, 0) is 79.2 Å². The molecule has 7 heteroatoms. The highest BCUT2D eigenvalue weighted by Gasteiger charge is 2.35. The van der Waals surface area contributed by atoms with Crippen LogP contribution in [0.2, 0.25) is 0 Å². The summed E-state index contributed by atoms with van der Waals surface area (Å²) in [5.74, 6) is 2.32. The summed E-state index contributed by atoms with van der Waals surface area (Å²) >= 11 is 0. The van der Waals surface area contributed by atoms with Crippen LogP contribution >= 0.6 is 0 Å². The first-order chi connectivity index (χ1) is 17.2. The molecule has 1 aromatic heterocycles. The van der Waals surface area contributed by atoms with Crippen molar-refractivity contribution in [2.75, 3.05) is 44.7 Å². The van der Waals surface area contributed by atoms with E-state index < -0.39 is 0 Å². The molecule has 5 heterocycles. The summed E-state index contributed by atoms with van der Waals surface area (Å²) in [6.07, 6.45) is 8.62. The Hall–Kier alpha value is -3.16. The maximum atomic E-state index is 11.7. The largest absolute Gasteiger partial charge is 0.487 e. The molecule has 1 N–H and O–H groups in total. The van der Waals surface area contributed by atoms with E-state index in [0.29, 0.717) is 25.2 Å². The Kier molecular flexibility index (Phi) is 6.04. The van der Waals surface area contributed by atoms with Crippen molar-refractivity contribution in [1.82, 2.24) is 14.8 Å². The SMILES string of the molecule is C=CC(=O)N1CC(N2CCC(c3ccc4c(c3)Nc3nccc(C5=CCOCC5)c3CO4)CC2)C1. The second-order valence-corrected chi connectivity index (χ2v) is 9.82. The number of likely N-dealkylation sites (tertiary alicyclic amines) is 2. The fourth-order valence-corrected chi connectivity index (χ4v) is 5.71. The molecule has 6 rings (SSSR count). The number of rotatable bonds is 4. The summed E-state index contributed by atoms with van der Waals surface area (Å²) in [6, 6.07) is 9.16. The number of nitrogens with zero attached hydrogens (tertiary/aromatic N) is 3. The summed E-state index contributed by atoms with van der Waals surface area (Å²) in [7, 11) is 0. The Bertz CT molecular complexity index is 1160. The van der Waals surface area contributed by atoms with E-state index in [2.05, 4.69) is 52.1 Å². The van der Waals surface area contributed by atoms with Crippen molar-refractivity contribution < 1.29 is 14.3 Å². The van der Waals surface area contributed by atoms with Gasteiger partial charge in [-0.3, -0.25) is 9.69 Å². The van der Waals surface area contributed by atoms with Crippen molar-refractivity contribution in [1.29, 1.82) is 0 Å². The van der Waals surface area contributed by atoms with Crippen LogP contribution in [0.3, 0.4) is 0 Å². The van der Waals surface area contributed by atoms with Gasteiger partial charge in [-0.1, -0.05) is 18.7 Å². The van der Waals surface area contributed by atoms with Gasteiger partial charge in [0.2, 0.25) is 5.91 Å². The summed E-state index contributed by atoms with van der Waals surface area (Å²) in [5.41, 5.74) is 5.96. The van der Waals surface area contributed by atoms with Crippen molar-refractivity contribution in [3.8, 4) is 5.75 Å². The molecule has 1 aromatic carbocycles. The molecular formula is C28H32N4O3. The molecule has 0 saturated carbocycles. The number of aromatic nitrogens is 1. The average molecular weight is 473 g/mol. The fraction of sp³-hybridized carbons (Fsp3) is 0.429. The van der Waals surface area contributed by atoms with Crippen LogP contribution in [0.15, 0.2) is 49.2 Å². The number of carbonyl (C=O) groups is 1. The van der Waals surface area contributed by atoms with Crippen LogP contribution in [0, 0.1) is 0 Å². The second kappa shape index (κ2) is 9.47. The number of anilines is 2. The maximum Gasteiger partial charge on any atom is 0.246 e. The molecule has 2 saturated heterocycles. The first-order valence-electron chi connectivity index (χ1n) is 12.6. The number of nitrogens with one attached hydrogen (secondary N) is 1. The molecule has 7 nitrogen and oxygen atoms in total. The van der Waals surface area contributed by atoms with E-state index in [1.54, 1.807) is 0 Å². The maximum absolute atomic E-state index is 11.7. The number of piperidine rings is 1. The molecule has 2 aromatic rings. The number of hydrogen-bond acceptors (Lipinski definition) is 6. The predicted octanol–water partition coefficient (Wildman–Crippen LogP) is 4.10. The fourth-order valence-electron chi connectivity index (χ4n) is 5.71. The molecule has 4 aliphatic rings. The van der Waals surface area contributed by atoms with Gasteiger partial charge >= 0.3 is 0 Å². The standard InChI is InChI=1S/C28H32N4O3/c1-2-27(33)32-16-22(17-32)31-11-6-19(7-12-31)21-3-4-26-25(15-21)30-28-24(18-35-26)23(5-10-29-28)20-8-13-34-14-9-20/h2-5,8,10,15,19,22H,1,6-7,9,11-14,16-18H2,(H,29,30). The number of pyridine rings is 1. The van der Waals surface area contributed by atoms with Gasteiger partial charge in [0.25, 0.3) is 0 Å². The van der Waals surface area contributed by atoms with Crippen LogP contribution in [0.5, 0.6) is 5.75 Å². The minimum atomic E-state index is 0.0449. The third-order valence-corrected chi connectivity index (χ3v) is 7.86. The van der Waals surface area contributed by atoms with Crippen molar-refractivity contribution in [2.45, 2.75) is 37.8 Å². The van der Waals surface area contributed by atoms with Crippen LogP contribution in [0.1, 0.15) is 41.9 Å². The second-order valence-electron chi connectivity index (χ2n) is 9.82. The van der Waals surface area contributed by atoms with Gasteiger partial charge in [0.05, 0.1) is 18.9 Å². The highest BCUT2D eigenvalue weighted by molar-refractivity contribution is 5.87. The molecule has 0 bridgehead atoms. The lowest BCUT2D eigenvalue weighted by molar-refractivity contribution is -0.133. The van der Waals surface area contributed by atoms with Crippen LogP contribution in [-0.4, -0.2) is 66.1 Å². The zero-order valence-electron chi connectivity index (χ0n) is 20.0. The number of ether oxygens (including phenoxy) is 2. The summed E-state index contributed by atoms with van der Waals surface area (Å²) in [4.78, 5) is 20.8. The quantitative estimate of drug-likeness (QED) is 0.676. The lowest BCUT2D eigenvalue weighted by Gasteiger charge is -2.47. The molecule has 0 radical (unpaired) electrons. The van der Waals surface area contributed by atoms with Gasteiger partial charge in [-0.15, -0.1) is 0 Å². The molecule has 1 amide bonds. The smallest absolute Gasteiger partial charge is 0.246 e. The summed E-state index contributed by atoms with van der Waals surface area (Å²) in [5, 5.41) is 3.58. The van der Waals surface area contributed by atoms with E-state index in [4.69, 9.17) is 9.47 Å². The van der Waals surface area contributed by atoms with E-state index in [9.17, 15) is 4.79 Å². The minimum Gasteiger partial charge on any atom is -0.487 e. The van der Waals surface area contributed by atoms with E-state index in [1.807, 2.05) is 11.1 Å².